The Bertz CT molecular complexity index is 751. The van der Waals surface area contributed by atoms with E-state index in [-0.39, 0.29) is 24.4 Å². The smallest absolute Gasteiger partial charge is 0.271 e. The largest absolute Gasteiger partial charge is 0.494 e. The van der Waals surface area contributed by atoms with Crippen molar-refractivity contribution in [3.8, 4) is 11.5 Å². The molecule has 0 spiro atoms. The third kappa shape index (κ3) is 4.42. The van der Waals surface area contributed by atoms with E-state index in [0.717, 1.165) is 34.1 Å². The monoisotopic (exact) mass is 383 g/mol. The van der Waals surface area contributed by atoms with E-state index >= 15 is 0 Å². The number of carbonyl (C=O) groups excluding carboxylic acids is 1. The van der Waals surface area contributed by atoms with Gasteiger partial charge in [-0.1, -0.05) is 0 Å². The fourth-order valence-corrected chi connectivity index (χ4v) is 3.34. The second-order valence-electron chi connectivity index (χ2n) is 5.65. The van der Waals surface area contributed by atoms with Gasteiger partial charge in [-0.25, -0.2) is 4.98 Å². The molecule has 1 aromatic heterocycles. The molecule has 0 bridgehead atoms. The van der Waals surface area contributed by atoms with Crippen LogP contribution in [0.25, 0.3) is 0 Å². The Morgan fingerprint density at radius 1 is 1.52 bits per heavy atom. The van der Waals surface area contributed by atoms with Crippen LogP contribution in [0.3, 0.4) is 0 Å². The van der Waals surface area contributed by atoms with Gasteiger partial charge in [-0.15, -0.1) is 23.7 Å². The summed E-state index contributed by atoms with van der Waals surface area (Å²) in [4.78, 5) is 16.4. The Labute approximate surface area is 157 Å². The molecule has 1 aliphatic rings. The fourth-order valence-electron chi connectivity index (χ4n) is 2.68. The van der Waals surface area contributed by atoms with Crippen LogP contribution in [0.2, 0.25) is 0 Å². The summed E-state index contributed by atoms with van der Waals surface area (Å²) in [5, 5.41) is 5.34. The van der Waals surface area contributed by atoms with Crippen molar-refractivity contribution in [2.75, 3.05) is 6.61 Å². The van der Waals surface area contributed by atoms with Crippen molar-refractivity contribution in [1.29, 1.82) is 0 Å². The maximum atomic E-state index is 12.2. The SMILES string of the molecule is CCOc1cc2c(cc1CNC(=O)c1csc(CN)n1)OC(C)C2.Cl. The van der Waals surface area contributed by atoms with E-state index in [2.05, 4.69) is 10.3 Å². The number of nitrogens with one attached hydrogen (secondary N) is 1. The highest BCUT2D eigenvalue weighted by Gasteiger charge is 2.22. The molecule has 1 unspecified atom stereocenters. The van der Waals surface area contributed by atoms with Gasteiger partial charge in [0.2, 0.25) is 0 Å². The zero-order valence-corrected chi connectivity index (χ0v) is 15.8. The number of ether oxygens (including phenoxy) is 2. The fraction of sp³-hybridized carbons (Fsp3) is 0.412. The highest BCUT2D eigenvalue weighted by atomic mass is 35.5. The normalized spacial score (nSPS) is 15.1. The summed E-state index contributed by atoms with van der Waals surface area (Å²) in [6.45, 7) is 5.25. The quantitative estimate of drug-likeness (QED) is 0.800. The number of halogens is 1. The first-order valence-corrected chi connectivity index (χ1v) is 8.86. The average Bonchev–Trinajstić information content (AvgIpc) is 3.17. The molecule has 2 aromatic rings. The number of nitrogens with two attached hydrogens (primary N) is 1. The van der Waals surface area contributed by atoms with Gasteiger partial charge < -0.3 is 20.5 Å². The van der Waals surface area contributed by atoms with Crippen molar-refractivity contribution in [1.82, 2.24) is 10.3 Å². The minimum absolute atomic E-state index is 0. The van der Waals surface area contributed by atoms with E-state index in [9.17, 15) is 4.79 Å². The molecule has 1 aliphatic heterocycles. The van der Waals surface area contributed by atoms with Crippen LogP contribution in [-0.2, 0) is 19.5 Å². The van der Waals surface area contributed by atoms with Crippen LogP contribution in [0.15, 0.2) is 17.5 Å². The van der Waals surface area contributed by atoms with Crippen molar-refractivity contribution in [2.24, 2.45) is 5.73 Å². The number of aromatic nitrogens is 1. The Morgan fingerprint density at radius 2 is 2.32 bits per heavy atom. The lowest BCUT2D eigenvalue weighted by molar-refractivity contribution is 0.0946. The molecule has 0 saturated heterocycles. The first kappa shape index (κ1) is 19.5. The van der Waals surface area contributed by atoms with Crippen molar-refractivity contribution in [3.63, 3.8) is 0 Å². The number of carbonyl (C=O) groups is 1. The Morgan fingerprint density at radius 3 is 3.00 bits per heavy atom. The molecule has 136 valence electrons. The molecule has 6 nitrogen and oxygen atoms in total. The maximum absolute atomic E-state index is 12.2. The number of nitrogens with zero attached hydrogens (tertiary/aromatic N) is 1. The predicted molar refractivity (Wildman–Crippen MR) is 99.8 cm³/mol. The van der Waals surface area contributed by atoms with Gasteiger partial charge >= 0.3 is 0 Å². The maximum Gasteiger partial charge on any atom is 0.271 e. The summed E-state index contributed by atoms with van der Waals surface area (Å²) in [7, 11) is 0. The van der Waals surface area contributed by atoms with Gasteiger partial charge in [-0.2, -0.15) is 0 Å². The highest BCUT2D eigenvalue weighted by molar-refractivity contribution is 7.09. The van der Waals surface area contributed by atoms with Gasteiger partial charge in [-0.3, -0.25) is 4.79 Å². The van der Waals surface area contributed by atoms with Crippen LogP contribution in [0.4, 0.5) is 0 Å². The lowest BCUT2D eigenvalue weighted by atomic mass is 10.1. The second-order valence-corrected chi connectivity index (χ2v) is 6.59. The third-order valence-corrected chi connectivity index (χ3v) is 4.65. The summed E-state index contributed by atoms with van der Waals surface area (Å²) in [5.41, 5.74) is 7.97. The van der Waals surface area contributed by atoms with E-state index in [4.69, 9.17) is 15.2 Å². The summed E-state index contributed by atoms with van der Waals surface area (Å²) in [5.74, 6) is 1.44. The molecule has 3 rings (SSSR count). The summed E-state index contributed by atoms with van der Waals surface area (Å²) in [6.07, 6.45) is 1.05. The van der Waals surface area contributed by atoms with Crippen LogP contribution in [0, 0.1) is 0 Å². The molecule has 1 atom stereocenters. The van der Waals surface area contributed by atoms with Gasteiger partial charge in [0.15, 0.2) is 0 Å². The van der Waals surface area contributed by atoms with Crippen molar-refractivity contribution in [3.05, 3.63) is 39.3 Å². The summed E-state index contributed by atoms with van der Waals surface area (Å²) < 4.78 is 11.5. The number of hydrogen-bond acceptors (Lipinski definition) is 6. The molecule has 0 aliphatic carbocycles. The number of fused-ring (bicyclic) bond motifs is 1. The Hall–Kier alpha value is -1.83. The molecule has 0 saturated carbocycles. The van der Waals surface area contributed by atoms with E-state index in [1.807, 2.05) is 26.0 Å². The van der Waals surface area contributed by atoms with E-state index in [1.54, 1.807) is 5.38 Å². The van der Waals surface area contributed by atoms with Crippen molar-refractivity contribution in [2.45, 2.75) is 39.5 Å². The first-order chi connectivity index (χ1) is 11.6. The van der Waals surface area contributed by atoms with Gasteiger partial charge in [-0.05, 0) is 26.0 Å². The molecule has 2 heterocycles. The summed E-state index contributed by atoms with van der Waals surface area (Å²) >= 11 is 1.39. The number of thiazole rings is 1. The summed E-state index contributed by atoms with van der Waals surface area (Å²) in [6, 6.07) is 3.97. The van der Waals surface area contributed by atoms with Crippen LogP contribution in [0.1, 0.15) is 40.5 Å². The molecule has 1 aromatic carbocycles. The van der Waals surface area contributed by atoms with Crippen molar-refractivity contribution >= 4 is 29.7 Å². The molecular formula is C17H22ClN3O3S. The molecule has 8 heteroatoms. The molecule has 0 radical (unpaired) electrons. The predicted octanol–water partition coefficient (Wildman–Crippen LogP) is 2.68. The zero-order chi connectivity index (χ0) is 17.1. The molecule has 3 N–H and O–H groups in total. The Kier molecular flexibility index (Phi) is 6.64. The average molecular weight is 384 g/mol. The Balaban J connectivity index is 0.00000225. The standard InChI is InChI=1S/C17H21N3O3S.ClH/c1-3-22-14-5-11-4-10(2)23-15(11)6-12(14)8-19-17(21)13-9-24-16(7-18)20-13;/h5-6,9-10H,3-4,7-8,18H2,1-2H3,(H,19,21);1H. The zero-order valence-electron chi connectivity index (χ0n) is 14.2. The lowest BCUT2D eigenvalue weighted by Gasteiger charge is -2.13. The number of benzene rings is 1. The van der Waals surface area contributed by atoms with Gasteiger partial charge in [0.25, 0.3) is 5.91 Å². The van der Waals surface area contributed by atoms with Gasteiger partial charge in [0.05, 0.1) is 6.61 Å². The van der Waals surface area contributed by atoms with Crippen LogP contribution >= 0.6 is 23.7 Å². The van der Waals surface area contributed by atoms with Gasteiger partial charge in [0.1, 0.15) is 28.3 Å². The van der Waals surface area contributed by atoms with E-state index < -0.39 is 0 Å². The van der Waals surface area contributed by atoms with Crippen molar-refractivity contribution < 1.29 is 14.3 Å². The molecule has 0 fully saturated rings. The number of hydrogen-bond donors (Lipinski definition) is 2. The van der Waals surface area contributed by atoms with Crippen LogP contribution in [-0.4, -0.2) is 23.6 Å². The lowest BCUT2D eigenvalue weighted by Crippen LogP contribution is -2.23. The highest BCUT2D eigenvalue weighted by Crippen LogP contribution is 2.35. The molecule has 25 heavy (non-hydrogen) atoms. The minimum Gasteiger partial charge on any atom is -0.494 e. The second kappa shape index (κ2) is 8.51. The third-order valence-electron chi connectivity index (χ3n) is 3.78. The number of rotatable bonds is 6. The molecule has 1 amide bonds. The number of amides is 1. The van der Waals surface area contributed by atoms with Crippen LogP contribution < -0.4 is 20.5 Å². The van der Waals surface area contributed by atoms with Crippen LogP contribution in [0.5, 0.6) is 11.5 Å². The van der Waals surface area contributed by atoms with Gasteiger partial charge in [0, 0.05) is 36.0 Å². The first-order valence-electron chi connectivity index (χ1n) is 7.98. The van der Waals surface area contributed by atoms with E-state index in [0.29, 0.717) is 25.4 Å². The minimum atomic E-state index is -0.219. The van der Waals surface area contributed by atoms with E-state index in [1.165, 1.54) is 11.3 Å². The topological polar surface area (TPSA) is 86.5 Å². The molecular weight excluding hydrogens is 362 g/mol.